The SMILES string of the molecule is COC(=O)N1CCN(C(=O)C2CC2c2ccc(F)c(F)c2)CC1. The van der Waals surface area contributed by atoms with Gasteiger partial charge < -0.3 is 14.5 Å². The summed E-state index contributed by atoms with van der Waals surface area (Å²) in [5.41, 5.74) is 0.662. The molecule has 1 aromatic carbocycles. The molecule has 1 heterocycles. The van der Waals surface area contributed by atoms with E-state index in [1.165, 1.54) is 19.2 Å². The fourth-order valence-electron chi connectivity index (χ4n) is 3.05. The number of carbonyl (C=O) groups is 2. The Balaban J connectivity index is 1.56. The minimum Gasteiger partial charge on any atom is -0.453 e. The van der Waals surface area contributed by atoms with Crippen molar-refractivity contribution in [3.05, 3.63) is 35.4 Å². The van der Waals surface area contributed by atoms with E-state index in [0.717, 1.165) is 6.07 Å². The number of ether oxygens (including phenoxy) is 1. The molecular weight excluding hydrogens is 306 g/mol. The fraction of sp³-hybridized carbons (Fsp3) is 0.500. The molecule has 0 bridgehead atoms. The Bertz CT molecular complexity index is 630. The first-order chi connectivity index (χ1) is 11.0. The highest BCUT2D eigenvalue weighted by Gasteiger charge is 2.46. The molecule has 1 saturated carbocycles. The lowest BCUT2D eigenvalue weighted by molar-refractivity contribution is -0.134. The van der Waals surface area contributed by atoms with Gasteiger partial charge in [0, 0.05) is 32.1 Å². The Labute approximate surface area is 132 Å². The zero-order valence-electron chi connectivity index (χ0n) is 12.8. The highest BCUT2D eigenvalue weighted by molar-refractivity contribution is 5.83. The van der Waals surface area contributed by atoms with E-state index in [4.69, 9.17) is 0 Å². The van der Waals surface area contributed by atoms with Crippen molar-refractivity contribution in [3.8, 4) is 0 Å². The number of benzene rings is 1. The van der Waals surface area contributed by atoms with Crippen molar-refractivity contribution in [2.45, 2.75) is 12.3 Å². The average Bonchev–Trinajstić information content (AvgIpc) is 3.37. The maximum Gasteiger partial charge on any atom is 0.409 e. The van der Waals surface area contributed by atoms with E-state index in [1.807, 2.05) is 0 Å². The number of hydrogen-bond acceptors (Lipinski definition) is 3. The number of halogens is 2. The quantitative estimate of drug-likeness (QED) is 0.836. The van der Waals surface area contributed by atoms with Crippen LogP contribution in [-0.4, -0.2) is 55.1 Å². The smallest absolute Gasteiger partial charge is 0.409 e. The van der Waals surface area contributed by atoms with Gasteiger partial charge in [0.05, 0.1) is 7.11 Å². The van der Waals surface area contributed by atoms with Crippen LogP contribution < -0.4 is 0 Å². The highest BCUT2D eigenvalue weighted by atomic mass is 19.2. The minimum atomic E-state index is -0.882. The molecule has 2 fully saturated rings. The van der Waals surface area contributed by atoms with Crippen molar-refractivity contribution < 1.29 is 23.1 Å². The molecule has 2 atom stereocenters. The van der Waals surface area contributed by atoms with Crippen molar-refractivity contribution in [2.24, 2.45) is 5.92 Å². The summed E-state index contributed by atoms with van der Waals surface area (Å²) in [5, 5.41) is 0. The van der Waals surface area contributed by atoms with Crippen LogP contribution >= 0.6 is 0 Å². The van der Waals surface area contributed by atoms with Crippen LogP contribution in [0.2, 0.25) is 0 Å². The first-order valence-electron chi connectivity index (χ1n) is 7.58. The van der Waals surface area contributed by atoms with Gasteiger partial charge in [-0.15, -0.1) is 0 Å². The van der Waals surface area contributed by atoms with Gasteiger partial charge in [-0.2, -0.15) is 0 Å². The summed E-state index contributed by atoms with van der Waals surface area (Å²) in [6.07, 6.45) is 0.268. The maximum atomic E-state index is 13.3. The molecule has 1 aliphatic carbocycles. The van der Waals surface area contributed by atoms with Crippen LogP contribution in [0, 0.1) is 17.6 Å². The Hall–Kier alpha value is -2.18. The van der Waals surface area contributed by atoms with Gasteiger partial charge in [0.1, 0.15) is 0 Å². The lowest BCUT2D eigenvalue weighted by Gasteiger charge is -2.34. The summed E-state index contributed by atoms with van der Waals surface area (Å²) in [5.74, 6) is -1.96. The van der Waals surface area contributed by atoms with Gasteiger partial charge in [0.25, 0.3) is 0 Å². The van der Waals surface area contributed by atoms with E-state index >= 15 is 0 Å². The van der Waals surface area contributed by atoms with Crippen LogP contribution in [0.25, 0.3) is 0 Å². The molecule has 0 aromatic heterocycles. The third-order valence-corrected chi connectivity index (χ3v) is 4.50. The summed E-state index contributed by atoms with van der Waals surface area (Å²) >= 11 is 0. The normalized spacial score (nSPS) is 23.6. The number of nitrogens with zero attached hydrogens (tertiary/aromatic N) is 2. The van der Waals surface area contributed by atoms with E-state index in [0.29, 0.717) is 38.2 Å². The second kappa shape index (κ2) is 6.14. The predicted molar refractivity (Wildman–Crippen MR) is 77.8 cm³/mol. The van der Waals surface area contributed by atoms with Crippen LogP contribution in [-0.2, 0) is 9.53 Å². The summed E-state index contributed by atoms with van der Waals surface area (Å²) in [4.78, 5) is 27.2. The fourth-order valence-corrected chi connectivity index (χ4v) is 3.05. The molecule has 1 aliphatic heterocycles. The number of piperazine rings is 1. The number of rotatable bonds is 2. The molecule has 0 N–H and O–H groups in total. The average molecular weight is 324 g/mol. The third-order valence-electron chi connectivity index (χ3n) is 4.50. The largest absolute Gasteiger partial charge is 0.453 e. The summed E-state index contributed by atoms with van der Waals surface area (Å²) < 4.78 is 30.9. The molecule has 2 aliphatic rings. The molecule has 5 nitrogen and oxygen atoms in total. The first kappa shape index (κ1) is 15.7. The number of methoxy groups -OCH3 is 1. The van der Waals surface area contributed by atoms with E-state index in [1.54, 1.807) is 9.80 Å². The van der Waals surface area contributed by atoms with Gasteiger partial charge in [-0.05, 0) is 30.0 Å². The Morgan fingerprint density at radius 2 is 1.74 bits per heavy atom. The van der Waals surface area contributed by atoms with Crippen molar-refractivity contribution >= 4 is 12.0 Å². The van der Waals surface area contributed by atoms with Crippen LogP contribution in [0.1, 0.15) is 17.9 Å². The Morgan fingerprint density at radius 3 is 2.35 bits per heavy atom. The van der Waals surface area contributed by atoms with Crippen LogP contribution in [0.3, 0.4) is 0 Å². The summed E-state index contributed by atoms with van der Waals surface area (Å²) in [7, 11) is 1.33. The zero-order valence-corrected chi connectivity index (χ0v) is 12.8. The van der Waals surface area contributed by atoms with E-state index < -0.39 is 11.6 Å². The standard InChI is InChI=1S/C16H18F2N2O3/c1-23-16(22)20-6-4-19(5-7-20)15(21)12-9-11(12)10-2-3-13(17)14(18)8-10/h2-3,8,11-12H,4-7,9H2,1H3. The van der Waals surface area contributed by atoms with E-state index in [-0.39, 0.29) is 23.8 Å². The molecule has 7 heteroatoms. The van der Waals surface area contributed by atoms with E-state index in [9.17, 15) is 18.4 Å². The van der Waals surface area contributed by atoms with Crippen molar-refractivity contribution in [3.63, 3.8) is 0 Å². The van der Waals surface area contributed by atoms with Gasteiger partial charge in [0.2, 0.25) is 5.91 Å². The van der Waals surface area contributed by atoms with E-state index in [2.05, 4.69) is 4.74 Å². The molecule has 23 heavy (non-hydrogen) atoms. The maximum absolute atomic E-state index is 13.3. The predicted octanol–water partition coefficient (Wildman–Crippen LogP) is 1.98. The molecule has 1 aromatic rings. The molecular formula is C16H18F2N2O3. The van der Waals surface area contributed by atoms with Gasteiger partial charge in [-0.3, -0.25) is 4.79 Å². The zero-order chi connectivity index (χ0) is 16.6. The summed E-state index contributed by atoms with van der Waals surface area (Å²) in [6.45, 7) is 1.83. The first-order valence-corrected chi connectivity index (χ1v) is 7.58. The summed E-state index contributed by atoms with van der Waals surface area (Å²) in [6, 6.07) is 3.80. The van der Waals surface area contributed by atoms with Crippen LogP contribution in [0.4, 0.5) is 13.6 Å². The Kier molecular flexibility index (Phi) is 4.19. The molecule has 2 amide bonds. The van der Waals surface area contributed by atoms with Gasteiger partial charge in [-0.1, -0.05) is 6.07 Å². The van der Waals surface area contributed by atoms with Crippen molar-refractivity contribution in [1.29, 1.82) is 0 Å². The van der Waals surface area contributed by atoms with Gasteiger partial charge in [0.15, 0.2) is 11.6 Å². The minimum absolute atomic E-state index is 0.0178. The molecule has 0 spiro atoms. The topological polar surface area (TPSA) is 49.9 Å². The van der Waals surface area contributed by atoms with Gasteiger partial charge >= 0.3 is 6.09 Å². The lowest BCUT2D eigenvalue weighted by atomic mass is 10.1. The molecule has 1 saturated heterocycles. The molecule has 124 valence electrons. The Morgan fingerprint density at radius 1 is 1.09 bits per heavy atom. The monoisotopic (exact) mass is 324 g/mol. The van der Waals surface area contributed by atoms with Crippen LogP contribution in [0.5, 0.6) is 0 Å². The molecule has 2 unspecified atom stereocenters. The number of hydrogen-bond donors (Lipinski definition) is 0. The lowest BCUT2D eigenvalue weighted by Crippen LogP contribution is -2.51. The highest BCUT2D eigenvalue weighted by Crippen LogP contribution is 2.48. The van der Waals surface area contributed by atoms with Crippen molar-refractivity contribution in [1.82, 2.24) is 9.80 Å². The number of carbonyl (C=O) groups excluding carboxylic acids is 2. The van der Waals surface area contributed by atoms with Crippen LogP contribution in [0.15, 0.2) is 18.2 Å². The second-order valence-corrected chi connectivity index (χ2v) is 5.90. The third kappa shape index (κ3) is 3.13. The van der Waals surface area contributed by atoms with Gasteiger partial charge in [-0.25, -0.2) is 13.6 Å². The second-order valence-electron chi connectivity index (χ2n) is 5.90. The van der Waals surface area contributed by atoms with Crippen molar-refractivity contribution in [2.75, 3.05) is 33.3 Å². The number of amides is 2. The molecule has 0 radical (unpaired) electrons. The molecule has 3 rings (SSSR count).